The molecule has 0 aliphatic carbocycles. The smallest absolute Gasteiger partial charge is 0.271 e. The van der Waals surface area contributed by atoms with Crippen molar-refractivity contribution in [2.24, 2.45) is 0 Å². The number of hydrogen-bond donors (Lipinski definition) is 2. The van der Waals surface area contributed by atoms with Gasteiger partial charge in [-0.05, 0) is 79.9 Å². The van der Waals surface area contributed by atoms with Gasteiger partial charge in [-0.15, -0.1) is 11.3 Å². The predicted molar refractivity (Wildman–Crippen MR) is 127 cm³/mol. The van der Waals surface area contributed by atoms with Gasteiger partial charge in [0.1, 0.15) is 4.21 Å². The standard InChI is InChI=1S/C22H22ClN3O3S2/c1-15-14-18(26-12-2-3-13-26)8-9-19(15)24-22(27)16-4-6-17(7-5-16)25-31(28,29)21-11-10-20(23)30-21/h4-11,14,25H,2-3,12-13H2,1H3,(H,24,27). The van der Waals surface area contributed by atoms with Crippen molar-refractivity contribution in [2.45, 2.75) is 24.0 Å². The molecule has 0 bridgehead atoms. The highest BCUT2D eigenvalue weighted by molar-refractivity contribution is 7.94. The molecule has 0 radical (unpaired) electrons. The van der Waals surface area contributed by atoms with E-state index in [9.17, 15) is 13.2 Å². The van der Waals surface area contributed by atoms with E-state index in [2.05, 4.69) is 21.0 Å². The van der Waals surface area contributed by atoms with Gasteiger partial charge >= 0.3 is 0 Å². The summed E-state index contributed by atoms with van der Waals surface area (Å²) in [5.74, 6) is -0.253. The molecule has 1 saturated heterocycles. The Morgan fingerprint density at radius 3 is 2.35 bits per heavy atom. The molecule has 162 valence electrons. The molecular formula is C22H22ClN3O3S2. The van der Waals surface area contributed by atoms with Crippen molar-refractivity contribution in [3.05, 3.63) is 70.1 Å². The van der Waals surface area contributed by atoms with E-state index in [0.717, 1.165) is 35.7 Å². The molecule has 0 saturated carbocycles. The Morgan fingerprint density at radius 2 is 1.74 bits per heavy atom. The first-order chi connectivity index (χ1) is 14.8. The molecule has 2 aromatic carbocycles. The highest BCUT2D eigenvalue weighted by Crippen LogP contribution is 2.28. The number of carbonyl (C=O) groups is 1. The van der Waals surface area contributed by atoms with Crippen LogP contribution in [-0.4, -0.2) is 27.4 Å². The SMILES string of the molecule is Cc1cc(N2CCCC2)ccc1NC(=O)c1ccc(NS(=O)(=O)c2ccc(Cl)s2)cc1. The minimum absolute atomic E-state index is 0.132. The van der Waals surface area contributed by atoms with E-state index in [1.165, 1.54) is 30.7 Å². The third-order valence-corrected chi connectivity index (χ3v) is 8.25. The fraction of sp³-hybridized carbons (Fsp3) is 0.227. The molecule has 0 unspecified atom stereocenters. The summed E-state index contributed by atoms with van der Waals surface area (Å²) in [6.45, 7) is 4.12. The summed E-state index contributed by atoms with van der Waals surface area (Å²) in [6.07, 6.45) is 2.43. The van der Waals surface area contributed by atoms with Crippen LogP contribution >= 0.6 is 22.9 Å². The van der Waals surface area contributed by atoms with Gasteiger partial charge in [0.15, 0.2) is 0 Å². The normalized spacial score (nSPS) is 13.9. The number of rotatable bonds is 6. The molecule has 1 fully saturated rings. The summed E-state index contributed by atoms with van der Waals surface area (Å²) in [7, 11) is -3.71. The molecule has 1 amide bonds. The van der Waals surface area contributed by atoms with Crippen molar-refractivity contribution in [3.63, 3.8) is 0 Å². The van der Waals surface area contributed by atoms with E-state index in [0.29, 0.717) is 15.6 Å². The maximum Gasteiger partial charge on any atom is 0.271 e. The van der Waals surface area contributed by atoms with Gasteiger partial charge in [0.2, 0.25) is 0 Å². The van der Waals surface area contributed by atoms with Crippen molar-refractivity contribution in [2.75, 3.05) is 28.0 Å². The van der Waals surface area contributed by atoms with Crippen molar-refractivity contribution in [1.29, 1.82) is 0 Å². The van der Waals surface area contributed by atoms with Crippen LogP contribution in [0.25, 0.3) is 0 Å². The average molecular weight is 476 g/mol. The van der Waals surface area contributed by atoms with E-state index in [1.54, 1.807) is 24.3 Å². The van der Waals surface area contributed by atoms with Crippen LogP contribution in [0, 0.1) is 6.92 Å². The van der Waals surface area contributed by atoms with Crippen molar-refractivity contribution >= 4 is 55.9 Å². The molecule has 1 aliphatic rings. The fourth-order valence-corrected chi connectivity index (χ4v) is 6.03. The zero-order valence-corrected chi connectivity index (χ0v) is 19.3. The van der Waals surface area contributed by atoms with Gasteiger partial charge in [-0.2, -0.15) is 0 Å². The van der Waals surface area contributed by atoms with Gasteiger partial charge < -0.3 is 10.2 Å². The Bertz CT molecular complexity index is 1200. The molecule has 0 atom stereocenters. The number of amides is 1. The van der Waals surface area contributed by atoms with Crippen LogP contribution < -0.4 is 14.9 Å². The third kappa shape index (κ3) is 5.03. The van der Waals surface area contributed by atoms with Gasteiger partial charge in [0.05, 0.1) is 4.34 Å². The molecular weight excluding hydrogens is 454 g/mol. The first-order valence-electron chi connectivity index (χ1n) is 9.87. The molecule has 9 heteroatoms. The lowest BCUT2D eigenvalue weighted by Gasteiger charge is -2.19. The second-order valence-electron chi connectivity index (χ2n) is 7.39. The molecule has 4 rings (SSSR count). The van der Waals surface area contributed by atoms with Crippen LogP contribution in [0.1, 0.15) is 28.8 Å². The average Bonchev–Trinajstić information content (AvgIpc) is 3.42. The van der Waals surface area contributed by atoms with Crippen LogP contribution in [0.3, 0.4) is 0 Å². The minimum atomic E-state index is -3.71. The molecule has 1 aliphatic heterocycles. The number of benzene rings is 2. The Balaban J connectivity index is 1.42. The Morgan fingerprint density at radius 1 is 1.03 bits per heavy atom. The van der Waals surface area contributed by atoms with Crippen LogP contribution in [0.2, 0.25) is 4.34 Å². The zero-order chi connectivity index (χ0) is 22.0. The molecule has 6 nitrogen and oxygen atoms in total. The van der Waals surface area contributed by atoms with E-state index in [4.69, 9.17) is 11.6 Å². The summed E-state index contributed by atoms with van der Waals surface area (Å²) < 4.78 is 27.8. The largest absolute Gasteiger partial charge is 0.372 e. The monoisotopic (exact) mass is 475 g/mol. The molecule has 31 heavy (non-hydrogen) atoms. The van der Waals surface area contributed by atoms with Crippen molar-refractivity contribution in [3.8, 4) is 0 Å². The lowest BCUT2D eigenvalue weighted by atomic mass is 10.1. The highest BCUT2D eigenvalue weighted by Gasteiger charge is 2.17. The lowest BCUT2D eigenvalue weighted by Crippen LogP contribution is -2.18. The van der Waals surface area contributed by atoms with E-state index >= 15 is 0 Å². The summed E-state index contributed by atoms with van der Waals surface area (Å²) in [6, 6.07) is 15.3. The van der Waals surface area contributed by atoms with Crippen LogP contribution in [-0.2, 0) is 10.0 Å². The number of carbonyl (C=O) groups excluding carboxylic acids is 1. The number of halogens is 1. The fourth-order valence-electron chi connectivity index (χ4n) is 3.49. The van der Waals surface area contributed by atoms with E-state index in [-0.39, 0.29) is 10.1 Å². The first-order valence-corrected chi connectivity index (χ1v) is 12.5. The number of hydrogen-bond acceptors (Lipinski definition) is 5. The number of thiophene rings is 1. The summed E-state index contributed by atoms with van der Waals surface area (Å²) in [5, 5.41) is 2.93. The Kier molecular flexibility index (Phi) is 6.22. The zero-order valence-electron chi connectivity index (χ0n) is 16.9. The maximum absolute atomic E-state index is 12.7. The van der Waals surface area contributed by atoms with E-state index in [1.807, 2.05) is 19.1 Å². The molecule has 2 N–H and O–H groups in total. The van der Waals surface area contributed by atoms with E-state index < -0.39 is 10.0 Å². The molecule has 2 heterocycles. The number of anilines is 3. The number of nitrogens with one attached hydrogen (secondary N) is 2. The number of sulfonamides is 1. The second-order valence-corrected chi connectivity index (χ2v) is 11.0. The molecule has 0 spiro atoms. The van der Waals surface area contributed by atoms with Gasteiger partial charge in [0.25, 0.3) is 15.9 Å². The summed E-state index contributed by atoms with van der Waals surface area (Å²) in [5.41, 5.74) is 3.73. The number of nitrogens with zero attached hydrogens (tertiary/aromatic N) is 1. The Labute approximate surface area is 190 Å². The lowest BCUT2D eigenvalue weighted by molar-refractivity contribution is 0.102. The quantitative estimate of drug-likeness (QED) is 0.502. The summed E-state index contributed by atoms with van der Waals surface area (Å²) in [4.78, 5) is 15.0. The minimum Gasteiger partial charge on any atom is -0.372 e. The Hall–Kier alpha value is -2.55. The second kappa shape index (κ2) is 8.90. The maximum atomic E-state index is 12.7. The van der Waals surface area contributed by atoms with Gasteiger partial charge in [-0.3, -0.25) is 9.52 Å². The number of aryl methyl sites for hydroxylation is 1. The third-order valence-electron chi connectivity index (χ3n) is 5.14. The molecule has 1 aromatic heterocycles. The van der Waals surface area contributed by atoms with Crippen molar-refractivity contribution in [1.82, 2.24) is 0 Å². The highest BCUT2D eigenvalue weighted by atomic mass is 35.5. The van der Waals surface area contributed by atoms with Crippen LogP contribution in [0.5, 0.6) is 0 Å². The topological polar surface area (TPSA) is 78.5 Å². The van der Waals surface area contributed by atoms with Crippen LogP contribution in [0.15, 0.2) is 58.8 Å². The van der Waals surface area contributed by atoms with Gasteiger partial charge in [-0.25, -0.2) is 8.42 Å². The summed E-state index contributed by atoms with van der Waals surface area (Å²) >= 11 is 6.80. The molecule has 3 aromatic rings. The van der Waals surface area contributed by atoms with Crippen molar-refractivity contribution < 1.29 is 13.2 Å². The van der Waals surface area contributed by atoms with Crippen LogP contribution in [0.4, 0.5) is 17.1 Å². The van der Waals surface area contributed by atoms with Gasteiger partial charge in [-0.1, -0.05) is 11.6 Å². The van der Waals surface area contributed by atoms with Gasteiger partial charge in [0, 0.05) is 35.7 Å². The first kappa shape index (κ1) is 21.7. The predicted octanol–water partition coefficient (Wildman–Crippen LogP) is 5.36.